The van der Waals surface area contributed by atoms with E-state index in [1.807, 2.05) is 31.1 Å². The van der Waals surface area contributed by atoms with Crippen LogP contribution < -0.4 is 4.90 Å². The predicted octanol–water partition coefficient (Wildman–Crippen LogP) is 4.25. The first-order valence-electron chi connectivity index (χ1n) is 8.37. The summed E-state index contributed by atoms with van der Waals surface area (Å²) < 4.78 is 15.2. The van der Waals surface area contributed by atoms with Gasteiger partial charge < -0.3 is 4.90 Å². The molecule has 0 aliphatic carbocycles. The summed E-state index contributed by atoms with van der Waals surface area (Å²) in [6, 6.07) is 9.99. The summed E-state index contributed by atoms with van der Waals surface area (Å²) >= 11 is 2.83. The molecule has 0 aliphatic heterocycles. The Hall–Kier alpha value is -2.42. The minimum Gasteiger partial charge on any atom is -0.308 e. The van der Waals surface area contributed by atoms with Crippen LogP contribution in [0.4, 0.5) is 9.52 Å². The van der Waals surface area contributed by atoms with E-state index in [9.17, 15) is 9.18 Å². The minimum atomic E-state index is -0.306. The molecule has 138 valence electrons. The normalized spacial score (nSPS) is 11.6. The second kappa shape index (κ2) is 7.30. The van der Waals surface area contributed by atoms with Crippen LogP contribution in [0.15, 0.2) is 41.9 Å². The average molecular weight is 401 g/mol. The molecule has 0 N–H and O–H groups in total. The van der Waals surface area contributed by atoms with Crippen molar-refractivity contribution in [2.24, 2.45) is 0 Å². The van der Waals surface area contributed by atoms with Crippen molar-refractivity contribution in [3.63, 3.8) is 0 Å². The van der Waals surface area contributed by atoms with Crippen LogP contribution in [0.1, 0.15) is 10.4 Å². The van der Waals surface area contributed by atoms with Crippen molar-refractivity contribution in [2.45, 2.75) is 0 Å². The first-order chi connectivity index (χ1) is 13.0. The number of likely N-dealkylation sites (N-methyl/N-ethyl adjacent to an activating group) is 1. The van der Waals surface area contributed by atoms with Gasteiger partial charge in [-0.3, -0.25) is 9.69 Å². The monoisotopic (exact) mass is 400 g/mol. The molecule has 0 fully saturated rings. The molecule has 0 atom stereocenters. The molecule has 0 aliphatic rings. The van der Waals surface area contributed by atoms with E-state index in [0.29, 0.717) is 29.3 Å². The number of rotatable bonds is 5. The lowest BCUT2D eigenvalue weighted by atomic mass is 10.2. The molecule has 0 unspecified atom stereocenters. The van der Waals surface area contributed by atoms with Gasteiger partial charge in [-0.25, -0.2) is 14.4 Å². The summed E-state index contributed by atoms with van der Waals surface area (Å²) in [5.74, 6) is -0.425. The zero-order valence-electron chi connectivity index (χ0n) is 14.8. The summed E-state index contributed by atoms with van der Waals surface area (Å²) in [7, 11) is 3.92. The number of carbonyl (C=O) groups is 1. The van der Waals surface area contributed by atoms with Gasteiger partial charge in [0.15, 0.2) is 5.13 Å². The topological polar surface area (TPSA) is 49.3 Å². The molecule has 2 aromatic carbocycles. The first kappa shape index (κ1) is 18.0. The Morgan fingerprint density at radius 2 is 1.89 bits per heavy atom. The smallest absolute Gasteiger partial charge is 0.260 e. The Bertz CT molecular complexity index is 1120. The van der Waals surface area contributed by atoms with E-state index in [-0.39, 0.29) is 11.7 Å². The van der Waals surface area contributed by atoms with Crippen LogP contribution in [-0.2, 0) is 0 Å². The fourth-order valence-electron chi connectivity index (χ4n) is 2.73. The summed E-state index contributed by atoms with van der Waals surface area (Å²) in [6.45, 7) is 1.19. The van der Waals surface area contributed by atoms with Crippen LogP contribution in [0.3, 0.4) is 0 Å². The number of fused-ring (bicyclic) bond motifs is 2. The molecule has 0 spiro atoms. The Morgan fingerprint density at radius 3 is 2.70 bits per heavy atom. The van der Waals surface area contributed by atoms with Crippen molar-refractivity contribution in [3.05, 3.63) is 53.3 Å². The highest BCUT2D eigenvalue weighted by molar-refractivity contribution is 7.22. The molecule has 1 amide bonds. The Kier molecular flexibility index (Phi) is 4.86. The average Bonchev–Trinajstić information content (AvgIpc) is 3.26. The minimum absolute atomic E-state index is 0.119. The highest BCUT2D eigenvalue weighted by Crippen LogP contribution is 2.30. The van der Waals surface area contributed by atoms with Crippen molar-refractivity contribution in [2.75, 3.05) is 32.1 Å². The number of amides is 1. The van der Waals surface area contributed by atoms with E-state index in [1.165, 1.54) is 34.8 Å². The molecule has 4 rings (SSSR count). The van der Waals surface area contributed by atoms with E-state index < -0.39 is 0 Å². The number of nitrogens with zero attached hydrogens (tertiary/aromatic N) is 4. The van der Waals surface area contributed by atoms with E-state index in [2.05, 4.69) is 9.97 Å². The van der Waals surface area contributed by atoms with Crippen molar-refractivity contribution in [1.29, 1.82) is 0 Å². The van der Waals surface area contributed by atoms with Gasteiger partial charge in [-0.15, -0.1) is 11.3 Å². The summed E-state index contributed by atoms with van der Waals surface area (Å²) in [4.78, 5) is 25.8. The van der Waals surface area contributed by atoms with Gasteiger partial charge >= 0.3 is 0 Å². The van der Waals surface area contributed by atoms with Crippen LogP contribution in [0.25, 0.3) is 20.4 Å². The van der Waals surface area contributed by atoms with Crippen LogP contribution in [0.5, 0.6) is 0 Å². The highest BCUT2D eigenvalue weighted by atomic mass is 32.1. The lowest BCUT2D eigenvalue weighted by Gasteiger charge is -2.22. The van der Waals surface area contributed by atoms with Crippen LogP contribution in [-0.4, -0.2) is 48.0 Å². The van der Waals surface area contributed by atoms with Gasteiger partial charge in [0, 0.05) is 18.7 Å². The molecular formula is C19H17FN4OS2. The highest BCUT2D eigenvalue weighted by Gasteiger charge is 2.22. The van der Waals surface area contributed by atoms with Crippen molar-refractivity contribution in [1.82, 2.24) is 14.9 Å². The Morgan fingerprint density at radius 1 is 1.07 bits per heavy atom. The second-order valence-electron chi connectivity index (χ2n) is 6.40. The first-order valence-corrected chi connectivity index (χ1v) is 10.1. The summed E-state index contributed by atoms with van der Waals surface area (Å²) in [5.41, 5.74) is 3.94. The van der Waals surface area contributed by atoms with Crippen molar-refractivity contribution in [3.8, 4) is 0 Å². The van der Waals surface area contributed by atoms with E-state index in [0.717, 1.165) is 14.9 Å². The van der Waals surface area contributed by atoms with Gasteiger partial charge in [0.05, 0.1) is 25.9 Å². The maximum Gasteiger partial charge on any atom is 0.260 e. The fraction of sp³-hybridized carbons (Fsp3) is 0.211. The quantitative estimate of drug-likeness (QED) is 0.502. The van der Waals surface area contributed by atoms with E-state index >= 15 is 0 Å². The fourth-order valence-corrected chi connectivity index (χ4v) is 4.46. The third-order valence-electron chi connectivity index (χ3n) is 4.16. The van der Waals surface area contributed by atoms with Gasteiger partial charge in [-0.1, -0.05) is 11.3 Å². The third kappa shape index (κ3) is 3.69. The SMILES string of the molecule is CN(C)CCN(C(=O)c1ccc2ncsc2c1)c1nc2ccc(F)cc2s1. The molecule has 0 radical (unpaired) electrons. The lowest BCUT2D eigenvalue weighted by Crippen LogP contribution is -2.36. The molecule has 5 nitrogen and oxygen atoms in total. The van der Waals surface area contributed by atoms with E-state index in [4.69, 9.17) is 0 Å². The maximum absolute atomic E-state index is 13.5. The Labute approximate surface area is 163 Å². The molecular weight excluding hydrogens is 383 g/mol. The number of hydrogen-bond donors (Lipinski definition) is 0. The van der Waals surface area contributed by atoms with Crippen LogP contribution >= 0.6 is 22.7 Å². The van der Waals surface area contributed by atoms with Crippen molar-refractivity contribution >= 4 is 54.1 Å². The molecule has 0 bridgehead atoms. The second-order valence-corrected chi connectivity index (χ2v) is 8.30. The number of thiazole rings is 2. The molecule has 27 heavy (non-hydrogen) atoms. The number of anilines is 1. The molecule has 0 saturated heterocycles. The summed E-state index contributed by atoms with van der Waals surface area (Å²) in [6.07, 6.45) is 0. The largest absolute Gasteiger partial charge is 0.308 e. The zero-order chi connectivity index (χ0) is 19.0. The zero-order valence-corrected chi connectivity index (χ0v) is 16.5. The number of aromatic nitrogens is 2. The van der Waals surface area contributed by atoms with Gasteiger partial charge in [-0.05, 0) is 50.5 Å². The van der Waals surface area contributed by atoms with Gasteiger partial charge in [-0.2, -0.15) is 0 Å². The van der Waals surface area contributed by atoms with Crippen molar-refractivity contribution < 1.29 is 9.18 Å². The third-order valence-corrected chi connectivity index (χ3v) is 6.00. The standard InChI is InChI=1S/C19H17FN4OS2/c1-23(2)7-8-24(19-22-15-6-4-13(20)10-17(15)27-19)18(25)12-3-5-14-16(9-12)26-11-21-14/h3-6,9-11H,7-8H2,1-2H3. The molecule has 8 heteroatoms. The maximum atomic E-state index is 13.5. The summed E-state index contributed by atoms with van der Waals surface area (Å²) in [5, 5.41) is 0.576. The Balaban J connectivity index is 1.73. The molecule has 2 aromatic heterocycles. The van der Waals surface area contributed by atoms with Crippen LogP contribution in [0, 0.1) is 5.82 Å². The predicted molar refractivity (Wildman–Crippen MR) is 109 cm³/mol. The molecule has 4 aromatic rings. The number of carbonyl (C=O) groups excluding carboxylic acids is 1. The van der Waals surface area contributed by atoms with Crippen LogP contribution in [0.2, 0.25) is 0 Å². The molecule has 2 heterocycles. The number of halogens is 1. The van der Waals surface area contributed by atoms with E-state index in [1.54, 1.807) is 22.5 Å². The van der Waals surface area contributed by atoms with Gasteiger partial charge in [0.25, 0.3) is 5.91 Å². The number of hydrogen-bond acceptors (Lipinski definition) is 6. The molecule has 0 saturated carbocycles. The van der Waals surface area contributed by atoms with Gasteiger partial charge in [0.2, 0.25) is 0 Å². The lowest BCUT2D eigenvalue weighted by molar-refractivity contribution is 0.0985. The number of benzene rings is 2. The van der Waals surface area contributed by atoms with Gasteiger partial charge in [0.1, 0.15) is 5.82 Å².